The van der Waals surface area contributed by atoms with Crippen LogP contribution in [0.2, 0.25) is 0 Å². The maximum Gasteiger partial charge on any atom is 0.270 e. The summed E-state index contributed by atoms with van der Waals surface area (Å²) in [5.74, 6) is 0.849. The number of carbonyl (C=O) groups is 1. The molecule has 4 aromatic rings. The highest BCUT2D eigenvalue weighted by atomic mass is 32.2. The highest BCUT2D eigenvalue weighted by molar-refractivity contribution is 7.90. The molecule has 1 aromatic carbocycles. The number of nitrogens with zero attached hydrogens (tertiary/aromatic N) is 4. The van der Waals surface area contributed by atoms with Crippen molar-refractivity contribution in [3.8, 4) is 0 Å². The van der Waals surface area contributed by atoms with Gasteiger partial charge in [-0.15, -0.1) is 0 Å². The second kappa shape index (κ2) is 6.55. The van der Waals surface area contributed by atoms with Crippen LogP contribution in [-0.2, 0) is 9.84 Å². The van der Waals surface area contributed by atoms with Crippen LogP contribution in [0.15, 0.2) is 47.8 Å². The molecule has 1 aliphatic heterocycles. The van der Waals surface area contributed by atoms with Crippen molar-refractivity contribution in [2.45, 2.75) is 23.3 Å². The summed E-state index contributed by atoms with van der Waals surface area (Å²) in [4.78, 5) is 33.0. The van der Waals surface area contributed by atoms with Crippen molar-refractivity contribution in [1.82, 2.24) is 24.8 Å². The molecule has 2 aliphatic rings. The van der Waals surface area contributed by atoms with Crippen LogP contribution in [0.25, 0.3) is 21.9 Å². The second-order valence-corrected chi connectivity index (χ2v) is 10.8. The highest BCUT2D eigenvalue weighted by Crippen LogP contribution is 2.46. The zero-order valence-electron chi connectivity index (χ0n) is 17.5. The first-order valence-electron chi connectivity index (χ1n) is 10.5. The molecule has 1 saturated carbocycles. The van der Waals surface area contributed by atoms with E-state index < -0.39 is 9.84 Å². The van der Waals surface area contributed by atoms with Crippen molar-refractivity contribution in [2.75, 3.05) is 30.8 Å². The number of piperazine rings is 1. The van der Waals surface area contributed by atoms with E-state index >= 15 is 0 Å². The number of benzene rings is 1. The Kier molecular flexibility index (Phi) is 3.95. The molecule has 2 fully saturated rings. The summed E-state index contributed by atoms with van der Waals surface area (Å²) in [7, 11) is -3.31. The summed E-state index contributed by atoms with van der Waals surface area (Å²) in [5.41, 5.74) is 1.85. The number of aromatic amines is 2. The third-order valence-corrected chi connectivity index (χ3v) is 7.72. The number of hydrogen-bond acceptors (Lipinski definition) is 6. The molecular formula is C22H22N6O3S. The molecule has 1 amide bonds. The van der Waals surface area contributed by atoms with Gasteiger partial charge in [-0.25, -0.2) is 18.4 Å². The molecule has 0 unspecified atom stereocenters. The smallest absolute Gasteiger partial charge is 0.270 e. The highest BCUT2D eigenvalue weighted by Gasteiger charge is 2.53. The van der Waals surface area contributed by atoms with Gasteiger partial charge in [0.2, 0.25) is 0 Å². The predicted molar refractivity (Wildman–Crippen MR) is 121 cm³/mol. The zero-order chi connectivity index (χ0) is 22.1. The zero-order valence-corrected chi connectivity index (χ0v) is 18.3. The largest absolute Gasteiger partial charge is 0.352 e. The quantitative estimate of drug-likeness (QED) is 0.495. The summed E-state index contributed by atoms with van der Waals surface area (Å²) in [6, 6.07) is 8.62. The van der Waals surface area contributed by atoms with Crippen molar-refractivity contribution in [1.29, 1.82) is 0 Å². The van der Waals surface area contributed by atoms with Crippen LogP contribution in [0.5, 0.6) is 0 Å². The Morgan fingerprint density at radius 1 is 1.12 bits per heavy atom. The lowest BCUT2D eigenvalue weighted by Crippen LogP contribution is -2.57. The molecule has 3 aromatic heterocycles. The molecule has 6 rings (SSSR count). The Morgan fingerprint density at radius 2 is 1.97 bits per heavy atom. The number of nitrogens with one attached hydrogen (secondary N) is 2. The van der Waals surface area contributed by atoms with Gasteiger partial charge >= 0.3 is 0 Å². The number of H-pyrrole nitrogens is 2. The molecule has 164 valence electrons. The maximum absolute atomic E-state index is 13.4. The van der Waals surface area contributed by atoms with Crippen molar-refractivity contribution in [3.05, 3.63) is 48.5 Å². The van der Waals surface area contributed by atoms with Crippen LogP contribution < -0.4 is 4.90 Å². The minimum absolute atomic E-state index is 0.0475. The molecule has 9 nitrogen and oxygen atoms in total. The summed E-state index contributed by atoms with van der Waals surface area (Å²) in [6.07, 6.45) is 6.52. The molecule has 1 spiro atoms. The molecule has 32 heavy (non-hydrogen) atoms. The third kappa shape index (κ3) is 2.97. The van der Waals surface area contributed by atoms with Gasteiger partial charge in [0.1, 0.15) is 23.5 Å². The third-order valence-electron chi connectivity index (χ3n) is 6.61. The van der Waals surface area contributed by atoms with E-state index in [9.17, 15) is 13.2 Å². The first-order valence-corrected chi connectivity index (χ1v) is 12.4. The van der Waals surface area contributed by atoms with E-state index in [1.165, 1.54) is 6.26 Å². The Bertz CT molecular complexity index is 1480. The molecule has 10 heteroatoms. The van der Waals surface area contributed by atoms with Gasteiger partial charge < -0.3 is 19.8 Å². The minimum Gasteiger partial charge on any atom is -0.352 e. The van der Waals surface area contributed by atoms with Gasteiger partial charge in [0.15, 0.2) is 9.84 Å². The van der Waals surface area contributed by atoms with Crippen molar-refractivity contribution >= 4 is 43.5 Å². The fourth-order valence-corrected chi connectivity index (χ4v) is 5.42. The van der Waals surface area contributed by atoms with Crippen molar-refractivity contribution < 1.29 is 13.2 Å². The van der Waals surface area contributed by atoms with E-state index in [0.29, 0.717) is 18.8 Å². The van der Waals surface area contributed by atoms with Gasteiger partial charge in [0.25, 0.3) is 5.91 Å². The summed E-state index contributed by atoms with van der Waals surface area (Å²) in [5, 5.41) is 1.70. The molecule has 0 bridgehead atoms. The van der Waals surface area contributed by atoms with Gasteiger partial charge in [-0.3, -0.25) is 4.79 Å². The van der Waals surface area contributed by atoms with Crippen LogP contribution in [0, 0.1) is 0 Å². The standard InChI is InChI=1S/C22H22N6O3S/c1-32(30,31)15-2-3-17-14(10-15)11-18(26-17)21(29)28-9-8-27(12-22(28)5-6-22)20-16-4-7-23-19(16)24-13-25-20/h2-4,7,10-11,13,26H,5-6,8-9,12H2,1H3,(H,23,24,25). The molecular weight excluding hydrogens is 428 g/mol. The predicted octanol–water partition coefficient (Wildman–Crippen LogP) is 2.34. The first-order chi connectivity index (χ1) is 15.3. The second-order valence-electron chi connectivity index (χ2n) is 8.74. The fourth-order valence-electron chi connectivity index (χ4n) is 4.76. The van der Waals surface area contributed by atoms with Crippen LogP contribution in [0.4, 0.5) is 5.82 Å². The SMILES string of the molecule is CS(=O)(=O)c1ccc2[nH]c(C(=O)N3CCN(c4ncnc5[nH]ccc45)CC34CC4)cc2c1. The molecule has 4 heterocycles. The lowest BCUT2D eigenvalue weighted by atomic mass is 10.1. The number of sulfone groups is 1. The number of amides is 1. The van der Waals surface area contributed by atoms with Gasteiger partial charge in [-0.05, 0) is 43.2 Å². The Hall–Kier alpha value is -3.40. The molecule has 0 radical (unpaired) electrons. The fraction of sp³-hybridized carbons (Fsp3) is 0.318. The summed E-state index contributed by atoms with van der Waals surface area (Å²) in [6.45, 7) is 2.01. The summed E-state index contributed by atoms with van der Waals surface area (Å²) < 4.78 is 23.7. The minimum atomic E-state index is -3.31. The van der Waals surface area contributed by atoms with E-state index in [1.54, 1.807) is 30.6 Å². The van der Waals surface area contributed by atoms with E-state index in [-0.39, 0.29) is 16.3 Å². The van der Waals surface area contributed by atoms with Crippen LogP contribution in [-0.4, -0.2) is 70.6 Å². The molecule has 0 atom stereocenters. The van der Waals surface area contributed by atoms with Crippen molar-refractivity contribution in [2.24, 2.45) is 0 Å². The van der Waals surface area contributed by atoms with Gasteiger partial charge in [-0.2, -0.15) is 0 Å². The van der Waals surface area contributed by atoms with Gasteiger partial charge in [-0.1, -0.05) is 0 Å². The Labute approximate surface area is 184 Å². The number of fused-ring (bicyclic) bond motifs is 2. The molecule has 1 aliphatic carbocycles. The average molecular weight is 451 g/mol. The maximum atomic E-state index is 13.4. The number of aromatic nitrogens is 4. The number of rotatable bonds is 3. The molecule has 2 N–H and O–H groups in total. The topological polar surface area (TPSA) is 115 Å². The number of anilines is 1. The average Bonchev–Trinajstić information content (AvgIpc) is 3.19. The Morgan fingerprint density at radius 3 is 2.75 bits per heavy atom. The van der Waals surface area contributed by atoms with E-state index in [4.69, 9.17) is 0 Å². The van der Waals surface area contributed by atoms with E-state index in [2.05, 4.69) is 24.8 Å². The van der Waals surface area contributed by atoms with Crippen LogP contribution in [0.1, 0.15) is 23.3 Å². The first kappa shape index (κ1) is 19.3. The van der Waals surface area contributed by atoms with Gasteiger partial charge in [0.05, 0.1) is 15.8 Å². The summed E-state index contributed by atoms with van der Waals surface area (Å²) >= 11 is 0. The number of hydrogen-bond donors (Lipinski definition) is 2. The van der Waals surface area contributed by atoms with E-state index in [0.717, 1.165) is 47.1 Å². The Balaban J connectivity index is 1.28. The lowest BCUT2D eigenvalue weighted by molar-refractivity contribution is 0.0619. The van der Waals surface area contributed by atoms with Crippen LogP contribution >= 0.6 is 0 Å². The van der Waals surface area contributed by atoms with Crippen molar-refractivity contribution in [3.63, 3.8) is 0 Å². The number of carbonyl (C=O) groups excluding carboxylic acids is 1. The van der Waals surface area contributed by atoms with E-state index in [1.807, 2.05) is 17.2 Å². The normalized spacial score (nSPS) is 18.0. The van der Waals surface area contributed by atoms with Gasteiger partial charge in [0, 0.05) is 43.0 Å². The lowest BCUT2D eigenvalue weighted by Gasteiger charge is -2.42. The van der Waals surface area contributed by atoms with Crippen LogP contribution in [0.3, 0.4) is 0 Å². The molecule has 1 saturated heterocycles. The monoisotopic (exact) mass is 450 g/mol.